The van der Waals surface area contributed by atoms with E-state index in [-0.39, 0.29) is 10.6 Å². The summed E-state index contributed by atoms with van der Waals surface area (Å²) in [5.74, 6) is -2.62. The molecule has 0 saturated carbocycles. The minimum atomic E-state index is -1.01. The molecule has 0 amide bonds. The van der Waals surface area contributed by atoms with Gasteiger partial charge in [0.25, 0.3) is 0 Å². The van der Waals surface area contributed by atoms with Crippen LogP contribution in [0, 0.1) is 18.6 Å². The fourth-order valence-corrected chi connectivity index (χ4v) is 2.95. The van der Waals surface area contributed by atoms with E-state index in [1.807, 2.05) is 0 Å². The van der Waals surface area contributed by atoms with Gasteiger partial charge in [0.2, 0.25) is 5.78 Å². The number of ketones is 1. The lowest BCUT2D eigenvalue weighted by Crippen LogP contribution is -2.08. The minimum Gasteiger partial charge on any atom is -0.396 e. The first-order chi connectivity index (χ1) is 8.41. The number of carbonyl (C=O) groups excluding carboxylic acids is 1. The standard InChI is InChI=1S/C12H8BrF2NOS/c1-5-4-8(18-12(5)13)11(17)9-6(14)2-3-7(16)10(9)15/h2-4H,16H2,1H3. The number of halogens is 3. The first-order valence-electron chi connectivity index (χ1n) is 4.96. The molecule has 0 atom stereocenters. The highest BCUT2D eigenvalue weighted by Gasteiger charge is 2.22. The van der Waals surface area contributed by atoms with Crippen molar-refractivity contribution in [2.75, 3.05) is 5.73 Å². The number of rotatable bonds is 2. The first kappa shape index (κ1) is 13.2. The van der Waals surface area contributed by atoms with Gasteiger partial charge in [0.05, 0.1) is 19.9 Å². The Bertz CT molecular complexity index is 620. The van der Waals surface area contributed by atoms with Crippen LogP contribution in [0.4, 0.5) is 14.5 Å². The fraction of sp³-hybridized carbons (Fsp3) is 0.0833. The summed E-state index contributed by atoms with van der Waals surface area (Å²) in [6.07, 6.45) is 0. The average molecular weight is 332 g/mol. The Balaban J connectivity index is 2.56. The Kier molecular flexibility index (Phi) is 3.49. The molecule has 1 heterocycles. The van der Waals surface area contributed by atoms with Crippen LogP contribution in [0.15, 0.2) is 22.0 Å². The van der Waals surface area contributed by atoms with Gasteiger partial charge < -0.3 is 5.73 Å². The third kappa shape index (κ3) is 2.18. The number of nitrogens with two attached hydrogens (primary N) is 1. The third-order valence-electron chi connectivity index (χ3n) is 2.43. The Morgan fingerprint density at radius 1 is 1.39 bits per heavy atom. The summed E-state index contributed by atoms with van der Waals surface area (Å²) in [5.41, 5.74) is 5.33. The van der Waals surface area contributed by atoms with Crippen LogP contribution in [-0.2, 0) is 0 Å². The molecule has 1 aromatic carbocycles. The van der Waals surface area contributed by atoms with Crippen LogP contribution in [0.2, 0.25) is 0 Å². The zero-order valence-corrected chi connectivity index (χ0v) is 11.7. The van der Waals surface area contributed by atoms with Gasteiger partial charge in [0, 0.05) is 0 Å². The lowest BCUT2D eigenvalue weighted by atomic mass is 10.1. The van der Waals surface area contributed by atoms with Crippen LogP contribution in [0.5, 0.6) is 0 Å². The molecule has 0 bridgehead atoms. The molecule has 0 saturated heterocycles. The molecule has 94 valence electrons. The highest BCUT2D eigenvalue weighted by molar-refractivity contribution is 9.11. The summed E-state index contributed by atoms with van der Waals surface area (Å²) in [6.45, 7) is 1.80. The molecular formula is C12H8BrF2NOS. The molecule has 18 heavy (non-hydrogen) atoms. The van der Waals surface area contributed by atoms with E-state index < -0.39 is 23.0 Å². The molecule has 0 spiro atoms. The van der Waals surface area contributed by atoms with Gasteiger partial charge in [-0.15, -0.1) is 11.3 Å². The quantitative estimate of drug-likeness (QED) is 0.669. The zero-order valence-electron chi connectivity index (χ0n) is 9.26. The van der Waals surface area contributed by atoms with Crippen molar-refractivity contribution >= 4 is 38.7 Å². The minimum absolute atomic E-state index is 0.243. The lowest BCUT2D eigenvalue weighted by Gasteiger charge is -2.04. The smallest absolute Gasteiger partial charge is 0.208 e. The van der Waals surface area contributed by atoms with Crippen molar-refractivity contribution in [1.29, 1.82) is 0 Å². The predicted octanol–water partition coefficient (Wildman–Crippen LogP) is 3.91. The largest absolute Gasteiger partial charge is 0.396 e. The maximum absolute atomic E-state index is 13.7. The second-order valence-electron chi connectivity index (χ2n) is 3.72. The molecule has 0 unspecified atom stereocenters. The summed E-state index contributed by atoms with van der Waals surface area (Å²) in [7, 11) is 0. The van der Waals surface area contributed by atoms with Crippen LogP contribution in [0.1, 0.15) is 20.8 Å². The van der Waals surface area contributed by atoms with Gasteiger partial charge >= 0.3 is 0 Å². The van der Waals surface area contributed by atoms with E-state index in [9.17, 15) is 13.6 Å². The van der Waals surface area contributed by atoms with Gasteiger partial charge in [-0.1, -0.05) is 0 Å². The number of thiophene rings is 1. The number of carbonyl (C=O) groups is 1. The third-order valence-corrected chi connectivity index (χ3v) is 4.56. The van der Waals surface area contributed by atoms with Gasteiger partial charge in [-0.25, -0.2) is 8.78 Å². The number of hydrogen-bond acceptors (Lipinski definition) is 3. The Morgan fingerprint density at radius 3 is 2.61 bits per heavy atom. The van der Waals surface area contributed by atoms with Gasteiger partial charge in [-0.2, -0.15) is 0 Å². The molecule has 2 aromatic rings. The van der Waals surface area contributed by atoms with Crippen LogP contribution < -0.4 is 5.73 Å². The molecule has 6 heteroatoms. The summed E-state index contributed by atoms with van der Waals surface area (Å²) < 4.78 is 28.0. The summed E-state index contributed by atoms with van der Waals surface area (Å²) >= 11 is 4.40. The normalized spacial score (nSPS) is 10.7. The Morgan fingerprint density at radius 2 is 2.06 bits per heavy atom. The molecule has 0 aliphatic heterocycles. The van der Waals surface area contributed by atoms with Crippen molar-refractivity contribution in [2.45, 2.75) is 6.92 Å². The van der Waals surface area contributed by atoms with E-state index in [4.69, 9.17) is 5.73 Å². The van der Waals surface area contributed by atoms with E-state index in [1.165, 1.54) is 0 Å². The van der Waals surface area contributed by atoms with E-state index in [2.05, 4.69) is 15.9 Å². The zero-order chi connectivity index (χ0) is 13.4. The molecule has 0 aliphatic carbocycles. The monoisotopic (exact) mass is 331 g/mol. The van der Waals surface area contributed by atoms with Crippen LogP contribution in [0.25, 0.3) is 0 Å². The van der Waals surface area contributed by atoms with Crippen LogP contribution in [-0.4, -0.2) is 5.78 Å². The van der Waals surface area contributed by atoms with Gasteiger partial charge in [-0.3, -0.25) is 4.79 Å². The molecule has 0 radical (unpaired) electrons. The van der Waals surface area contributed by atoms with Crippen molar-refractivity contribution in [3.8, 4) is 0 Å². The molecule has 0 fully saturated rings. The molecule has 2 N–H and O–H groups in total. The Labute approximate surface area is 115 Å². The predicted molar refractivity (Wildman–Crippen MR) is 71.0 cm³/mol. The molecule has 0 aliphatic rings. The summed E-state index contributed by atoms with van der Waals surface area (Å²) in [6, 6.07) is 3.66. The van der Waals surface area contributed by atoms with Gasteiger partial charge in [0.1, 0.15) is 5.82 Å². The van der Waals surface area contributed by atoms with Crippen molar-refractivity contribution in [3.63, 3.8) is 0 Å². The molecule has 2 nitrogen and oxygen atoms in total. The van der Waals surface area contributed by atoms with Crippen molar-refractivity contribution in [3.05, 3.63) is 49.6 Å². The van der Waals surface area contributed by atoms with E-state index >= 15 is 0 Å². The SMILES string of the molecule is Cc1cc(C(=O)c2c(F)ccc(N)c2F)sc1Br. The van der Waals surface area contributed by atoms with Gasteiger partial charge in [0.15, 0.2) is 5.82 Å². The second-order valence-corrected chi connectivity index (χ2v) is 6.09. The topological polar surface area (TPSA) is 43.1 Å². The van der Waals surface area contributed by atoms with Crippen LogP contribution in [0.3, 0.4) is 0 Å². The number of anilines is 1. The fourth-order valence-electron chi connectivity index (χ4n) is 1.47. The lowest BCUT2D eigenvalue weighted by molar-refractivity contribution is 0.103. The molecule has 2 rings (SSSR count). The maximum atomic E-state index is 13.7. The highest BCUT2D eigenvalue weighted by Crippen LogP contribution is 2.30. The first-order valence-corrected chi connectivity index (χ1v) is 6.57. The van der Waals surface area contributed by atoms with E-state index in [0.29, 0.717) is 0 Å². The van der Waals surface area contributed by atoms with Crippen LogP contribution >= 0.6 is 27.3 Å². The number of aryl methyl sites for hydroxylation is 1. The molecule has 1 aromatic heterocycles. The van der Waals surface area contributed by atoms with E-state index in [1.54, 1.807) is 13.0 Å². The van der Waals surface area contributed by atoms with Crippen molar-refractivity contribution < 1.29 is 13.6 Å². The van der Waals surface area contributed by atoms with E-state index in [0.717, 1.165) is 32.8 Å². The summed E-state index contributed by atoms with van der Waals surface area (Å²) in [5, 5.41) is 0. The van der Waals surface area contributed by atoms with Crippen molar-refractivity contribution in [2.24, 2.45) is 0 Å². The summed E-state index contributed by atoms with van der Waals surface area (Å²) in [4.78, 5) is 12.3. The Hall–Kier alpha value is -1.27. The average Bonchev–Trinajstić information content (AvgIpc) is 2.65. The van der Waals surface area contributed by atoms with Crippen molar-refractivity contribution in [1.82, 2.24) is 0 Å². The molecular weight excluding hydrogens is 324 g/mol. The number of benzene rings is 1. The highest BCUT2D eigenvalue weighted by atomic mass is 79.9. The maximum Gasteiger partial charge on any atom is 0.208 e. The second kappa shape index (κ2) is 4.78. The number of nitrogen functional groups attached to an aromatic ring is 1. The number of hydrogen-bond donors (Lipinski definition) is 1. The van der Waals surface area contributed by atoms with Gasteiger partial charge in [-0.05, 0) is 46.6 Å².